The van der Waals surface area contributed by atoms with E-state index in [9.17, 15) is 0 Å². The smallest absolute Gasteiger partial charge is 0.0594 e. The maximum atomic E-state index is 5.47. The zero-order valence-corrected chi connectivity index (χ0v) is 11.6. The molecule has 3 nitrogen and oxygen atoms in total. The van der Waals surface area contributed by atoms with E-state index in [1.165, 1.54) is 24.9 Å². The van der Waals surface area contributed by atoms with Gasteiger partial charge in [0.05, 0.1) is 13.2 Å². The van der Waals surface area contributed by atoms with Crippen molar-refractivity contribution in [2.24, 2.45) is 0 Å². The van der Waals surface area contributed by atoms with E-state index in [0.29, 0.717) is 5.41 Å². The lowest BCUT2D eigenvalue weighted by atomic mass is 9.72. The quantitative estimate of drug-likeness (QED) is 0.894. The van der Waals surface area contributed by atoms with E-state index in [4.69, 9.17) is 4.74 Å². The Morgan fingerprint density at radius 1 is 1.05 bits per heavy atom. The Kier molecular flexibility index (Phi) is 4.16. The second-order valence-electron chi connectivity index (χ2n) is 5.78. The fourth-order valence-electron chi connectivity index (χ4n) is 3.42. The summed E-state index contributed by atoms with van der Waals surface area (Å²) in [5.41, 5.74) is 1.85. The van der Waals surface area contributed by atoms with Gasteiger partial charge < -0.3 is 10.1 Å². The second kappa shape index (κ2) is 6.04. The first-order valence-corrected chi connectivity index (χ1v) is 7.45. The Bertz CT molecular complexity index is 381. The minimum atomic E-state index is 0.337. The molecule has 3 heteroatoms. The van der Waals surface area contributed by atoms with E-state index in [1.807, 2.05) is 0 Å². The van der Waals surface area contributed by atoms with Gasteiger partial charge >= 0.3 is 0 Å². The minimum absolute atomic E-state index is 0.337. The molecule has 1 aromatic rings. The van der Waals surface area contributed by atoms with Gasteiger partial charge in [-0.15, -0.1) is 0 Å². The molecule has 3 rings (SSSR count). The first kappa shape index (κ1) is 13.1. The summed E-state index contributed by atoms with van der Waals surface area (Å²) in [5, 5.41) is 3.50. The first-order chi connectivity index (χ1) is 9.39. The second-order valence-corrected chi connectivity index (χ2v) is 5.78. The van der Waals surface area contributed by atoms with Crippen LogP contribution in [0.3, 0.4) is 0 Å². The molecule has 0 spiro atoms. The van der Waals surface area contributed by atoms with Crippen LogP contribution < -0.4 is 5.32 Å². The molecular formula is C16H24N2O. The SMILES string of the molecule is c1ccc(C2(CN3CCOCC3)CCNCC2)cc1. The largest absolute Gasteiger partial charge is 0.379 e. The van der Waals surface area contributed by atoms with Crippen LogP contribution in [-0.4, -0.2) is 50.8 Å². The van der Waals surface area contributed by atoms with E-state index in [0.717, 1.165) is 39.4 Å². The lowest BCUT2D eigenvalue weighted by Crippen LogP contribution is -2.50. The molecule has 0 bridgehead atoms. The van der Waals surface area contributed by atoms with Crippen molar-refractivity contribution in [3.63, 3.8) is 0 Å². The van der Waals surface area contributed by atoms with Crippen LogP contribution in [0.25, 0.3) is 0 Å². The van der Waals surface area contributed by atoms with Gasteiger partial charge in [-0.05, 0) is 31.5 Å². The molecule has 0 atom stereocenters. The normalized spacial score (nSPS) is 24.2. The van der Waals surface area contributed by atoms with Crippen molar-refractivity contribution >= 4 is 0 Å². The number of hydrogen-bond acceptors (Lipinski definition) is 3. The van der Waals surface area contributed by atoms with Crippen molar-refractivity contribution < 1.29 is 4.74 Å². The van der Waals surface area contributed by atoms with E-state index in [-0.39, 0.29) is 0 Å². The number of nitrogens with one attached hydrogen (secondary N) is 1. The Balaban J connectivity index is 1.79. The highest BCUT2D eigenvalue weighted by Crippen LogP contribution is 2.34. The summed E-state index contributed by atoms with van der Waals surface area (Å²) in [7, 11) is 0. The van der Waals surface area contributed by atoms with Crippen LogP contribution in [0.5, 0.6) is 0 Å². The number of benzene rings is 1. The van der Waals surface area contributed by atoms with Gasteiger partial charge in [-0.25, -0.2) is 0 Å². The molecule has 2 fully saturated rings. The van der Waals surface area contributed by atoms with Gasteiger partial charge in [0.2, 0.25) is 0 Å². The standard InChI is InChI=1S/C16H24N2O/c1-2-4-15(5-3-1)16(6-8-17-9-7-16)14-18-10-12-19-13-11-18/h1-5,17H,6-14H2. The van der Waals surface area contributed by atoms with Crippen molar-refractivity contribution in [2.75, 3.05) is 45.9 Å². The fourth-order valence-corrected chi connectivity index (χ4v) is 3.42. The van der Waals surface area contributed by atoms with E-state index >= 15 is 0 Å². The molecule has 0 aromatic heterocycles. The number of piperidine rings is 1. The van der Waals surface area contributed by atoms with Gasteiger partial charge in [0.1, 0.15) is 0 Å². The summed E-state index contributed by atoms with van der Waals surface area (Å²) in [6, 6.07) is 11.1. The molecule has 0 amide bonds. The van der Waals surface area contributed by atoms with Crippen LogP contribution >= 0.6 is 0 Å². The highest BCUT2D eigenvalue weighted by molar-refractivity contribution is 5.27. The summed E-state index contributed by atoms with van der Waals surface area (Å²) in [6.45, 7) is 7.41. The molecule has 19 heavy (non-hydrogen) atoms. The van der Waals surface area contributed by atoms with Crippen LogP contribution in [-0.2, 0) is 10.2 Å². The zero-order valence-electron chi connectivity index (χ0n) is 11.6. The Hall–Kier alpha value is -0.900. The molecule has 2 aliphatic heterocycles. The lowest BCUT2D eigenvalue weighted by molar-refractivity contribution is 0.0232. The number of hydrogen-bond donors (Lipinski definition) is 1. The van der Waals surface area contributed by atoms with Gasteiger partial charge in [0, 0.05) is 25.0 Å². The van der Waals surface area contributed by atoms with Crippen molar-refractivity contribution in [1.29, 1.82) is 0 Å². The van der Waals surface area contributed by atoms with Crippen LogP contribution in [0.4, 0.5) is 0 Å². The highest BCUT2D eigenvalue weighted by atomic mass is 16.5. The Morgan fingerprint density at radius 3 is 2.42 bits per heavy atom. The van der Waals surface area contributed by atoms with Gasteiger partial charge in [0.25, 0.3) is 0 Å². The molecule has 0 aliphatic carbocycles. The van der Waals surface area contributed by atoms with Crippen molar-refractivity contribution in [2.45, 2.75) is 18.3 Å². The molecule has 0 radical (unpaired) electrons. The van der Waals surface area contributed by atoms with E-state index in [1.54, 1.807) is 0 Å². The van der Waals surface area contributed by atoms with Gasteiger partial charge in [-0.2, -0.15) is 0 Å². The summed E-state index contributed by atoms with van der Waals surface area (Å²) in [6.07, 6.45) is 2.49. The van der Waals surface area contributed by atoms with Crippen LogP contribution in [0.1, 0.15) is 18.4 Å². The fraction of sp³-hybridized carbons (Fsp3) is 0.625. The molecule has 0 unspecified atom stereocenters. The van der Waals surface area contributed by atoms with Crippen molar-refractivity contribution in [1.82, 2.24) is 10.2 Å². The maximum Gasteiger partial charge on any atom is 0.0594 e. The summed E-state index contributed by atoms with van der Waals surface area (Å²) < 4.78 is 5.47. The molecular weight excluding hydrogens is 236 g/mol. The average Bonchev–Trinajstić information content (AvgIpc) is 2.50. The van der Waals surface area contributed by atoms with Gasteiger partial charge in [-0.3, -0.25) is 4.90 Å². The monoisotopic (exact) mass is 260 g/mol. The third-order valence-corrected chi connectivity index (χ3v) is 4.58. The van der Waals surface area contributed by atoms with Gasteiger partial charge in [-0.1, -0.05) is 30.3 Å². The summed E-state index contributed by atoms with van der Waals surface area (Å²) in [5.74, 6) is 0. The highest BCUT2D eigenvalue weighted by Gasteiger charge is 2.35. The molecule has 2 heterocycles. The predicted octanol–water partition coefficient (Wildman–Crippen LogP) is 1.64. The molecule has 1 aromatic carbocycles. The molecule has 1 N–H and O–H groups in total. The van der Waals surface area contributed by atoms with Gasteiger partial charge in [0.15, 0.2) is 0 Å². The number of morpholine rings is 1. The number of ether oxygens (including phenoxy) is 1. The van der Waals surface area contributed by atoms with Crippen LogP contribution in [0.15, 0.2) is 30.3 Å². The van der Waals surface area contributed by atoms with E-state index in [2.05, 4.69) is 40.5 Å². The number of nitrogens with zero attached hydrogens (tertiary/aromatic N) is 1. The summed E-state index contributed by atoms with van der Waals surface area (Å²) >= 11 is 0. The Morgan fingerprint density at radius 2 is 1.74 bits per heavy atom. The number of rotatable bonds is 3. The topological polar surface area (TPSA) is 24.5 Å². The maximum absolute atomic E-state index is 5.47. The summed E-state index contributed by atoms with van der Waals surface area (Å²) in [4.78, 5) is 2.59. The Labute approximate surface area is 115 Å². The predicted molar refractivity (Wildman–Crippen MR) is 77.5 cm³/mol. The van der Waals surface area contributed by atoms with Crippen molar-refractivity contribution in [3.8, 4) is 0 Å². The average molecular weight is 260 g/mol. The van der Waals surface area contributed by atoms with Crippen LogP contribution in [0.2, 0.25) is 0 Å². The molecule has 104 valence electrons. The zero-order chi connectivity index (χ0) is 13.0. The molecule has 2 saturated heterocycles. The first-order valence-electron chi connectivity index (χ1n) is 7.45. The lowest BCUT2D eigenvalue weighted by Gasteiger charge is -2.43. The minimum Gasteiger partial charge on any atom is -0.379 e. The molecule has 0 saturated carbocycles. The third kappa shape index (κ3) is 2.99. The molecule has 2 aliphatic rings. The van der Waals surface area contributed by atoms with E-state index < -0.39 is 0 Å². The third-order valence-electron chi connectivity index (χ3n) is 4.58. The van der Waals surface area contributed by atoms with Crippen molar-refractivity contribution in [3.05, 3.63) is 35.9 Å². The van der Waals surface area contributed by atoms with Crippen LogP contribution in [0, 0.1) is 0 Å².